The molecule has 0 unspecified atom stereocenters. The number of aromatic amines is 1. The molecule has 2 heterocycles. The number of hydrogen-bond donors (Lipinski definition) is 1. The van der Waals surface area contributed by atoms with Crippen molar-refractivity contribution in [1.29, 1.82) is 0 Å². The topological polar surface area (TPSA) is 59.0 Å². The minimum absolute atomic E-state index is 0.780. The molecule has 29 heavy (non-hydrogen) atoms. The number of hydrogen-bond acceptors (Lipinski definition) is 4. The van der Waals surface area contributed by atoms with E-state index in [-0.39, 0.29) is 0 Å². The summed E-state index contributed by atoms with van der Waals surface area (Å²) in [6.07, 6.45) is 2.08. The highest BCUT2D eigenvalue weighted by Crippen LogP contribution is 2.27. The molecule has 4 rings (SSSR count). The summed E-state index contributed by atoms with van der Waals surface area (Å²) >= 11 is 0. The minimum Gasteiger partial charge on any atom is -0.457 e. The highest BCUT2D eigenvalue weighted by atomic mass is 16.5. The van der Waals surface area contributed by atoms with Crippen LogP contribution in [0.2, 0.25) is 0 Å². The first-order chi connectivity index (χ1) is 14.1. The summed E-state index contributed by atoms with van der Waals surface area (Å²) in [4.78, 5) is 2.24. The van der Waals surface area contributed by atoms with Crippen molar-refractivity contribution in [3.05, 3.63) is 83.8 Å². The third-order valence-corrected chi connectivity index (χ3v) is 4.64. The Morgan fingerprint density at radius 3 is 2.41 bits per heavy atom. The molecular formula is C23H25N5O. The molecule has 2 aromatic heterocycles. The van der Waals surface area contributed by atoms with E-state index in [0.717, 1.165) is 47.2 Å². The summed E-state index contributed by atoms with van der Waals surface area (Å²) in [6.45, 7) is 3.58. The molecule has 0 aliphatic heterocycles. The third kappa shape index (κ3) is 4.73. The van der Waals surface area contributed by atoms with Crippen molar-refractivity contribution in [3.63, 3.8) is 0 Å². The zero-order valence-electron chi connectivity index (χ0n) is 17.0. The fourth-order valence-electron chi connectivity index (χ4n) is 3.38. The number of ether oxygens (including phenoxy) is 1. The molecule has 0 amide bonds. The monoisotopic (exact) mass is 387 g/mol. The molecule has 6 heteroatoms. The highest BCUT2D eigenvalue weighted by molar-refractivity contribution is 5.63. The zero-order chi connectivity index (χ0) is 20.2. The van der Waals surface area contributed by atoms with Crippen LogP contribution >= 0.6 is 0 Å². The third-order valence-electron chi connectivity index (χ3n) is 4.64. The molecule has 4 aromatic rings. The van der Waals surface area contributed by atoms with Crippen LogP contribution < -0.4 is 4.74 Å². The van der Waals surface area contributed by atoms with Gasteiger partial charge in [-0.15, -0.1) is 0 Å². The molecule has 0 aliphatic rings. The molecule has 0 atom stereocenters. The van der Waals surface area contributed by atoms with Crippen molar-refractivity contribution >= 4 is 0 Å². The lowest BCUT2D eigenvalue weighted by Gasteiger charge is -2.15. The Bertz CT molecular complexity index is 1070. The van der Waals surface area contributed by atoms with Gasteiger partial charge in [-0.05, 0) is 56.4 Å². The van der Waals surface area contributed by atoms with Gasteiger partial charge >= 0.3 is 0 Å². The lowest BCUT2D eigenvalue weighted by Crippen LogP contribution is -2.17. The smallest absolute Gasteiger partial charge is 0.127 e. The van der Waals surface area contributed by atoms with Crippen LogP contribution in [0.4, 0.5) is 0 Å². The van der Waals surface area contributed by atoms with E-state index in [1.807, 2.05) is 61.1 Å². The molecule has 6 nitrogen and oxygen atoms in total. The van der Waals surface area contributed by atoms with Crippen LogP contribution in [0.15, 0.2) is 66.9 Å². The lowest BCUT2D eigenvalue weighted by molar-refractivity contribution is 0.315. The molecule has 148 valence electrons. The van der Waals surface area contributed by atoms with E-state index in [1.165, 1.54) is 5.56 Å². The van der Waals surface area contributed by atoms with Crippen molar-refractivity contribution in [2.45, 2.75) is 20.0 Å². The van der Waals surface area contributed by atoms with Gasteiger partial charge in [0.25, 0.3) is 0 Å². The number of benzene rings is 2. The molecule has 0 spiro atoms. The van der Waals surface area contributed by atoms with Gasteiger partial charge in [-0.25, -0.2) is 0 Å². The minimum atomic E-state index is 0.780. The van der Waals surface area contributed by atoms with Crippen LogP contribution in [-0.4, -0.2) is 31.9 Å². The quantitative estimate of drug-likeness (QED) is 0.506. The molecule has 2 aromatic carbocycles. The van der Waals surface area contributed by atoms with Gasteiger partial charge in [0.1, 0.15) is 11.5 Å². The Hall–Kier alpha value is -3.38. The lowest BCUT2D eigenvalue weighted by atomic mass is 10.1. The Balaban J connectivity index is 1.48. The summed E-state index contributed by atoms with van der Waals surface area (Å²) in [7, 11) is 4.05. The number of nitrogens with one attached hydrogen (secondary N) is 1. The molecule has 0 saturated heterocycles. The maximum Gasteiger partial charge on any atom is 0.127 e. The van der Waals surface area contributed by atoms with E-state index < -0.39 is 0 Å². The second-order valence-corrected chi connectivity index (χ2v) is 7.33. The fourth-order valence-corrected chi connectivity index (χ4v) is 3.38. The summed E-state index contributed by atoms with van der Waals surface area (Å²) in [5.74, 6) is 1.64. The number of rotatable bonds is 7. The number of aryl methyl sites for hydroxylation is 2. The molecule has 0 radical (unpaired) electrons. The van der Waals surface area contributed by atoms with Crippen molar-refractivity contribution in [2.24, 2.45) is 7.05 Å². The van der Waals surface area contributed by atoms with Crippen molar-refractivity contribution in [1.82, 2.24) is 24.9 Å². The summed E-state index contributed by atoms with van der Waals surface area (Å²) in [5, 5.41) is 12.0. The maximum atomic E-state index is 5.89. The van der Waals surface area contributed by atoms with Crippen LogP contribution in [0.5, 0.6) is 11.5 Å². The van der Waals surface area contributed by atoms with Crippen LogP contribution in [-0.2, 0) is 20.1 Å². The largest absolute Gasteiger partial charge is 0.457 e. The van der Waals surface area contributed by atoms with E-state index in [4.69, 9.17) is 4.74 Å². The molecule has 1 N–H and O–H groups in total. The molecular weight excluding hydrogens is 362 g/mol. The standard InChI is InChI=1S/C23H25N5O/c1-17-13-20(25-24-17)16-27(2)14-19-15-28(3)26-23(19)18-9-11-22(12-10-18)29-21-7-5-4-6-8-21/h4-13,15H,14,16H2,1-3H3,(H,24,25). The summed E-state index contributed by atoms with van der Waals surface area (Å²) < 4.78 is 7.76. The van der Waals surface area contributed by atoms with E-state index in [9.17, 15) is 0 Å². The summed E-state index contributed by atoms with van der Waals surface area (Å²) in [6, 6.07) is 19.9. The van der Waals surface area contributed by atoms with Crippen molar-refractivity contribution in [2.75, 3.05) is 7.05 Å². The Kier molecular flexibility index (Phi) is 5.44. The summed E-state index contributed by atoms with van der Waals surface area (Å²) in [5.41, 5.74) is 5.36. The Morgan fingerprint density at radius 1 is 1.00 bits per heavy atom. The SMILES string of the molecule is Cc1cc(CN(C)Cc2cn(C)nc2-c2ccc(Oc3ccccc3)cc2)n[nH]1. The predicted octanol–water partition coefficient (Wildman–Crippen LogP) is 4.54. The number of H-pyrrole nitrogens is 1. The Labute approximate surface area is 170 Å². The highest BCUT2D eigenvalue weighted by Gasteiger charge is 2.13. The molecule has 0 fully saturated rings. The first kappa shape index (κ1) is 19.0. The predicted molar refractivity (Wildman–Crippen MR) is 114 cm³/mol. The van der Waals surface area contributed by atoms with Gasteiger partial charge in [-0.3, -0.25) is 14.7 Å². The zero-order valence-corrected chi connectivity index (χ0v) is 17.0. The first-order valence-electron chi connectivity index (χ1n) is 9.62. The van der Waals surface area contributed by atoms with Crippen molar-refractivity contribution < 1.29 is 4.74 Å². The first-order valence-corrected chi connectivity index (χ1v) is 9.62. The van der Waals surface area contributed by atoms with E-state index >= 15 is 0 Å². The van der Waals surface area contributed by atoms with Gasteiger partial charge < -0.3 is 4.74 Å². The second kappa shape index (κ2) is 8.32. The van der Waals surface area contributed by atoms with Gasteiger partial charge in [0.15, 0.2) is 0 Å². The van der Waals surface area contributed by atoms with Crippen LogP contribution in [0.1, 0.15) is 17.0 Å². The maximum absolute atomic E-state index is 5.89. The van der Waals surface area contributed by atoms with Gasteiger partial charge in [0, 0.05) is 43.2 Å². The number of nitrogens with zero attached hydrogens (tertiary/aromatic N) is 4. The average molecular weight is 387 g/mol. The fraction of sp³-hybridized carbons (Fsp3) is 0.217. The van der Waals surface area contributed by atoms with Crippen molar-refractivity contribution in [3.8, 4) is 22.8 Å². The number of para-hydroxylation sites is 1. The van der Waals surface area contributed by atoms with Gasteiger partial charge in [0.05, 0.1) is 11.4 Å². The van der Waals surface area contributed by atoms with Crippen LogP contribution in [0, 0.1) is 6.92 Å². The molecule has 0 saturated carbocycles. The molecule has 0 bridgehead atoms. The van der Waals surface area contributed by atoms with Gasteiger partial charge in [-0.2, -0.15) is 10.2 Å². The second-order valence-electron chi connectivity index (χ2n) is 7.33. The van der Waals surface area contributed by atoms with E-state index in [1.54, 1.807) is 0 Å². The average Bonchev–Trinajstić information content (AvgIpc) is 3.28. The van der Waals surface area contributed by atoms with E-state index in [2.05, 4.69) is 51.6 Å². The van der Waals surface area contributed by atoms with Crippen LogP contribution in [0.25, 0.3) is 11.3 Å². The Morgan fingerprint density at radius 2 is 1.72 bits per heavy atom. The van der Waals surface area contributed by atoms with Crippen LogP contribution in [0.3, 0.4) is 0 Å². The van der Waals surface area contributed by atoms with Gasteiger partial charge in [-0.1, -0.05) is 18.2 Å². The van der Waals surface area contributed by atoms with Gasteiger partial charge in [0.2, 0.25) is 0 Å². The molecule has 0 aliphatic carbocycles. The normalized spacial score (nSPS) is 11.2. The number of aromatic nitrogens is 4. The van der Waals surface area contributed by atoms with E-state index in [0.29, 0.717) is 0 Å².